The van der Waals surface area contributed by atoms with Crippen LogP contribution in [0, 0.1) is 0 Å². The minimum atomic E-state index is 0.737. The second-order valence-electron chi connectivity index (χ2n) is 4.17. The maximum atomic E-state index is 5.90. The van der Waals surface area contributed by atoms with E-state index in [-0.39, 0.29) is 0 Å². The molecule has 0 bridgehead atoms. The molecule has 90 valence electrons. The molecule has 1 aromatic heterocycles. The number of anilines is 1. The standard InChI is InChI=1S/C14H18N2O/c1-2-3-4-9-14-16-13(10-17-14)11-7-5-6-8-12(11)15/h5-8,10H,2-4,9,15H2,1H3. The number of nitrogens with zero attached hydrogens (tertiary/aromatic N) is 1. The van der Waals surface area contributed by atoms with Gasteiger partial charge >= 0.3 is 0 Å². The summed E-state index contributed by atoms with van der Waals surface area (Å²) in [6, 6.07) is 7.71. The number of rotatable bonds is 5. The molecule has 1 aromatic carbocycles. The fourth-order valence-electron chi connectivity index (χ4n) is 1.81. The number of nitrogens with two attached hydrogens (primary N) is 1. The molecule has 0 aliphatic carbocycles. The normalized spacial score (nSPS) is 10.6. The van der Waals surface area contributed by atoms with Gasteiger partial charge in [0.15, 0.2) is 5.89 Å². The summed E-state index contributed by atoms with van der Waals surface area (Å²) in [5.41, 5.74) is 8.41. The molecule has 0 saturated carbocycles. The Hall–Kier alpha value is -1.77. The van der Waals surface area contributed by atoms with Gasteiger partial charge in [-0.2, -0.15) is 0 Å². The summed E-state index contributed by atoms with van der Waals surface area (Å²) in [5.74, 6) is 0.803. The topological polar surface area (TPSA) is 52.0 Å². The van der Waals surface area contributed by atoms with Crippen molar-refractivity contribution in [1.82, 2.24) is 4.98 Å². The largest absolute Gasteiger partial charge is 0.448 e. The van der Waals surface area contributed by atoms with Crippen LogP contribution in [0.5, 0.6) is 0 Å². The zero-order valence-electron chi connectivity index (χ0n) is 10.1. The molecule has 0 aliphatic rings. The summed E-state index contributed by atoms with van der Waals surface area (Å²) in [7, 11) is 0. The van der Waals surface area contributed by atoms with Gasteiger partial charge in [-0.3, -0.25) is 0 Å². The van der Waals surface area contributed by atoms with E-state index in [4.69, 9.17) is 10.2 Å². The quantitative estimate of drug-likeness (QED) is 0.630. The summed E-state index contributed by atoms with van der Waals surface area (Å²) in [6.45, 7) is 2.19. The molecular weight excluding hydrogens is 212 g/mol. The van der Waals surface area contributed by atoms with Crippen molar-refractivity contribution in [3.63, 3.8) is 0 Å². The Morgan fingerprint density at radius 3 is 2.82 bits per heavy atom. The van der Waals surface area contributed by atoms with Crippen molar-refractivity contribution in [2.75, 3.05) is 5.73 Å². The Kier molecular flexibility index (Phi) is 3.81. The van der Waals surface area contributed by atoms with Gasteiger partial charge < -0.3 is 10.2 Å². The summed E-state index contributed by atoms with van der Waals surface area (Å²) < 4.78 is 5.45. The van der Waals surface area contributed by atoms with Crippen LogP contribution in [0.3, 0.4) is 0 Å². The van der Waals surface area contributed by atoms with Gasteiger partial charge in [-0.15, -0.1) is 0 Å². The van der Waals surface area contributed by atoms with Gasteiger partial charge in [0.05, 0.1) is 0 Å². The highest BCUT2D eigenvalue weighted by atomic mass is 16.3. The zero-order valence-corrected chi connectivity index (χ0v) is 10.1. The van der Waals surface area contributed by atoms with Crippen LogP contribution in [0.4, 0.5) is 5.69 Å². The van der Waals surface area contributed by atoms with Gasteiger partial charge in [0.25, 0.3) is 0 Å². The Labute approximate surface area is 102 Å². The molecule has 0 aliphatic heterocycles. The third kappa shape index (κ3) is 2.87. The molecule has 0 unspecified atom stereocenters. The van der Waals surface area contributed by atoms with Gasteiger partial charge in [-0.1, -0.05) is 38.0 Å². The number of aromatic nitrogens is 1. The van der Waals surface area contributed by atoms with Crippen molar-refractivity contribution < 1.29 is 4.42 Å². The number of hydrogen-bond donors (Lipinski definition) is 1. The van der Waals surface area contributed by atoms with Crippen LogP contribution in [0.25, 0.3) is 11.3 Å². The van der Waals surface area contributed by atoms with E-state index in [2.05, 4.69) is 11.9 Å². The van der Waals surface area contributed by atoms with Crippen molar-refractivity contribution in [1.29, 1.82) is 0 Å². The highest BCUT2D eigenvalue weighted by Crippen LogP contribution is 2.24. The first-order valence-corrected chi connectivity index (χ1v) is 6.10. The Morgan fingerprint density at radius 1 is 1.24 bits per heavy atom. The van der Waals surface area contributed by atoms with Crippen molar-refractivity contribution in [3.8, 4) is 11.3 Å². The number of hydrogen-bond acceptors (Lipinski definition) is 3. The van der Waals surface area contributed by atoms with E-state index in [0.29, 0.717) is 0 Å². The SMILES string of the molecule is CCCCCc1nc(-c2ccccc2N)co1. The predicted octanol–water partition coefficient (Wildman–Crippen LogP) is 3.66. The van der Waals surface area contributed by atoms with E-state index in [9.17, 15) is 0 Å². The average Bonchev–Trinajstić information content (AvgIpc) is 2.79. The first kappa shape index (κ1) is 11.7. The lowest BCUT2D eigenvalue weighted by atomic mass is 10.1. The second-order valence-corrected chi connectivity index (χ2v) is 4.17. The minimum Gasteiger partial charge on any atom is -0.448 e. The number of benzene rings is 1. The van der Waals surface area contributed by atoms with Crippen molar-refractivity contribution in [2.45, 2.75) is 32.6 Å². The molecule has 0 radical (unpaired) electrons. The predicted molar refractivity (Wildman–Crippen MR) is 69.6 cm³/mol. The van der Waals surface area contributed by atoms with Crippen LogP contribution >= 0.6 is 0 Å². The smallest absolute Gasteiger partial charge is 0.194 e. The summed E-state index contributed by atoms with van der Waals surface area (Å²) in [4.78, 5) is 4.47. The highest BCUT2D eigenvalue weighted by molar-refractivity contribution is 5.72. The number of unbranched alkanes of at least 4 members (excludes halogenated alkanes) is 2. The first-order chi connectivity index (χ1) is 8.31. The molecule has 0 saturated heterocycles. The van der Waals surface area contributed by atoms with Crippen molar-refractivity contribution in [2.24, 2.45) is 0 Å². The Balaban J connectivity index is 2.10. The van der Waals surface area contributed by atoms with Crippen LogP contribution in [0.2, 0.25) is 0 Å². The number of oxazole rings is 1. The zero-order chi connectivity index (χ0) is 12.1. The maximum Gasteiger partial charge on any atom is 0.194 e. The van der Waals surface area contributed by atoms with E-state index in [1.165, 1.54) is 12.8 Å². The summed E-state index contributed by atoms with van der Waals surface area (Å²) in [5, 5.41) is 0. The molecule has 1 heterocycles. The lowest BCUT2D eigenvalue weighted by Gasteiger charge is -1.99. The van der Waals surface area contributed by atoms with Gasteiger partial charge in [0, 0.05) is 17.7 Å². The van der Waals surface area contributed by atoms with Gasteiger partial charge in [0.2, 0.25) is 0 Å². The minimum absolute atomic E-state index is 0.737. The Morgan fingerprint density at radius 2 is 2.06 bits per heavy atom. The molecule has 0 amide bonds. The fraction of sp³-hybridized carbons (Fsp3) is 0.357. The molecule has 2 aromatic rings. The van der Waals surface area contributed by atoms with Gasteiger partial charge in [-0.25, -0.2) is 4.98 Å². The second kappa shape index (κ2) is 5.53. The van der Waals surface area contributed by atoms with E-state index in [1.807, 2.05) is 24.3 Å². The fourth-order valence-corrected chi connectivity index (χ4v) is 1.81. The van der Waals surface area contributed by atoms with Crippen molar-refractivity contribution >= 4 is 5.69 Å². The van der Waals surface area contributed by atoms with E-state index in [0.717, 1.165) is 35.7 Å². The Bertz CT molecular complexity index is 477. The van der Waals surface area contributed by atoms with Gasteiger partial charge in [0.1, 0.15) is 12.0 Å². The molecule has 3 nitrogen and oxygen atoms in total. The number of nitrogen functional groups attached to an aromatic ring is 1. The average molecular weight is 230 g/mol. The molecule has 17 heavy (non-hydrogen) atoms. The first-order valence-electron chi connectivity index (χ1n) is 6.10. The molecule has 0 atom stereocenters. The van der Waals surface area contributed by atoms with E-state index in [1.54, 1.807) is 6.26 Å². The van der Waals surface area contributed by atoms with Crippen LogP contribution < -0.4 is 5.73 Å². The van der Waals surface area contributed by atoms with Crippen LogP contribution in [0.15, 0.2) is 34.9 Å². The lowest BCUT2D eigenvalue weighted by molar-refractivity contribution is 0.482. The third-order valence-corrected chi connectivity index (χ3v) is 2.78. The molecule has 2 N–H and O–H groups in total. The van der Waals surface area contributed by atoms with E-state index >= 15 is 0 Å². The number of aryl methyl sites for hydroxylation is 1. The van der Waals surface area contributed by atoms with Crippen molar-refractivity contribution in [3.05, 3.63) is 36.4 Å². The van der Waals surface area contributed by atoms with Gasteiger partial charge in [-0.05, 0) is 12.5 Å². The summed E-state index contributed by atoms with van der Waals surface area (Å²) in [6.07, 6.45) is 6.14. The van der Waals surface area contributed by atoms with Crippen LogP contribution in [-0.4, -0.2) is 4.98 Å². The molecular formula is C14H18N2O. The molecule has 0 spiro atoms. The highest BCUT2D eigenvalue weighted by Gasteiger charge is 2.08. The summed E-state index contributed by atoms with van der Waals surface area (Å²) >= 11 is 0. The molecule has 0 fully saturated rings. The lowest BCUT2D eigenvalue weighted by Crippen LogP contribution is -1.90. The number of para-hydroxylation sites is 1. The van der Waals surface area contributed by atoms with E-state index < -0.39 is 0 Å². The van der Waals surface area contributed by atoms with Crippen LogP contribution in [-0.2, 0) is 6.42 Å². The van der Waals surface area contributed by atoms with Crippen LogP contribution in [0.1, 0.15) is 32.1 Å². The monoisotopic (exact) mass is 230 g/mol. The third-order valence-electron chi connectivity index (χ3n) is 2.78. The maximum absolute atomic E-state index is 5.90. The molecule has 2 rings (SSSR count). The molecule has 3 heteroatoms.